The van der Waals surface area contributed by atoms with Gasteiger partial charge in [-0.05, 0) is 25.1 Å². The van der Waals surface area contributed by atoms with Crippen LogP contribution in [0.5, 0.6) is 5.75 Å². The lowest BCUT2D eigenvalue weighted by molar-refractivity contribution is -0.144. The van der Waals surface area contributed by atoms with Crippen molar-refractivity contribution in [3.05, 3.63) is 28.2 Å². The molecule has 78 valence electrons. The van der Waals surface area contributed by atoms with E-state index in [2.05, 4.69) is 21.9 Å². The molecule has 1 atom stereocenters. The third kappa shape index (κ3) is 3.00. The lowest BCUT2D eigenvalue weighted by Gasteiger charge is -2.11. The average molecular weight is 269 g/mol. The number of terminal acetylenes is 1. The highest BCUT2D eigenvalue weighted by molar-refractivity contribution is 9.10. The fourth-order valence-electron chi connectivity index (χ4n) is 0.959. The Kier molecular flexibility index (Phi) is 3.75. The van der Waals surface area contributed by atoms with Crippen LogP contribution in [-0.4, -0.2) is 17.2 Å². The summed E-state index contributed by atoms with van der Waals surface area (Å²) in [5.74, 6) is 1.80. The van der Waals surface area contributed by atoms with Gasteiger partial charge in [-0.3, -0.25) is 0 Å². The van der Waals surface area contributed by atoms with Crippen molar-refractivity contribution in [2.45, 2.75) is 13.0 Å². The molecule has 0 aromatic heterocycles. The van der Waals surface area contributed by atoms with Crippen LogP contribution in [0.25, 0.3) is 0 Å². The fourth-order valence-corrected chi connectivity index (χ4v) is 1.32. The second-order valence-electron chi connectivity index (χ2n) is 2.88. The number of carbonyl (C=O) groups is 1. The van der Waals surface area contributed by atoms with Crippen molar-refractivity contribution in [2.24, 2.45) is 0 Å². The Morgan fingerprint density at radius 3 is 2.87 bits per heavy atom. The van der Waals surface area contributed by atoms with Gasteiger partial charge in [-0.15, -0.1) is 6.42 Å². The summed E-state index contributed by atoms with van der Waals surface area (Å²) in [6.45, 7) is 1.45. The van der Waals surface area contributed by atoms with Crippen LogP contribution in [0.4, 0.5) is 0 Å². The van der Waals surface area contributed by atoms with E-state index < -0.39 is 12.1 Å². The van der Waals surface area contributed by atoms with Gasteiger partial charge in [0.15, 0.2) is 6.10 Å². The summed E-state index contributed by atoms with van der Waals surface area (Å²) < 4.78 is 6.01. The van der Waals surface area contributed by atoms with E-state index in [4.69, 9.17) is 16.3 Å². The molecule has 15 heavy (non-hydrogen) atoms. The summed E-state index contributed by atoms with van der Waals surface area (Å²) in [6, 6.07) is 5.08. The molecule has 0 heterocycles. The predicted octanol–water partition coefficient (Wildman–Crippen LogP) is 2.28. The van der Waals surface area contributed by atoms with Crippen molar-refractivity contribution in [3.8, 4) is 18.1 Å². The van der Waals surface area contributed by atoms with E-state index in [1.807, 2.05) is 0 Å². The minimum atomic E-state index is -1.03. The minimum absolute atomic E-state index is 0.399. The number of benzene rings is 1. The third-order valence-corrected chi connectivity index (χ3v) is 2.24. The molecule has 1 N–H and O–H groups in total. The minimum Gasteiger partial charge on any atom is -0.479 e. The van der Waals surface area contributed by atoms with E-state index in [-0.39, 0.29) is 0 Å². The first-order valence-corrected chi connectivity index (χ1v) is 4.99. The molecule has 1 rings (SSSR count). The van der Waals surface area contributed by atoms with Gasteiger partial charge in [0, 0.05) is 4.47 Å². The number of aliphatic carboxylic acids is 1. The Morgan fingerprint density at radius 2 is 2.33 bits per heavy atom. The van der Waals surface area contributed by atoms with Crippen LogP contribution in [0.2, 0.25) is 0 Å². The number of halogens is 1. The monoisotopic (exact) mass is 268 g/mol. The van der Waals surface area contributed by atoms with Gasteiger partial charge in [-0.25, -0.2) is 4.79 Å². The topological polar surface area (TPSA) is 46.5 Å². The lowest BCUT2D eigenvalue weighted by atomic mass is 10.2. The van der Waals surface area contributed by atoms with Crippen molar-refractivity contribution in [1.29, 1.82) is 0 Å². The van der Waals surface area contributed by atoms with Crippen LogP contribution in [0.15, 0.2) is 22.7 Å². The van der Waals surface area contributed by atoms with E-state index >= 15 is 0 Å². The SMILES string of the molecule is C#Cc1cc(Br)ccc1OC(C)C(=O)O. The van der Waals surface area contributed by atoms with Crippen LogP contribution in [0.1, 0.15) is 12.5 Å². The molecule has 0 aliphatic heterocycles. The Bertz CT molecular complexity index is 420. The molecule has 1 unspecified atom stereocenters. The Hall–Kier alpha value is -1.47. The fraction of sp³-hybridized carbons (Fsp3) is 0.182. The van der Waals surface area contributed by atoms with Gasteiger partial charge in [-0.2, -0.15) is 0 Å². The molecular weight excluding hydrogens is 260 g/mol. The zero-order valence-electron chi connectivity index (χ0n) is 8.03. The molecule has 1 aromatic carbocycles. The first-order valence-electron chi connectivity index (χ1n) is 4.20. The van der Waals surface area contributed by atoms with Crippen molar-refractivity contribution >= 4 is 21.9 Å². The number of carboxylic acid groups (broad SMARTS) is 1. The molecule has 0 saturated carbocycles. The summed E-state index contributed by atoms with van der Waals surface area (Å²) in [5, 5.41) is 8.68. The van der Waals surface area contributed by atoms with Crippen LogP contribution in [0, 0.1) is 12.3 Å². The first kappa shape index (κ1) is 11.6. The zero-order valence-corrected chi connectivity index (χ0v) is 9.61. The summed E-state index contributed by atoms with van der Waals surface area (Å²) in [4.78, 5) is 10.6. The highest BCUT2D eigenvalue weighted by atomic mass is 79.9. The van der Waals surface area contributed by atoms with Gasteiger partial charge in [0.2, 0.25) is 0 Å². The number of rotatable bonds is 3. The van der Waals surface area contributed by atoms with Gasteiger partial charge < -0.3 is 9.84 Å². The molecule has 0 saturated heterocycles. The normalized spacial score (nSPS) is 11.5. The molecule has 0 aliphatic rings. The van der Waals surface area contributed by atoms with Gasteiger partial charge >= 0.3 is 5.97 Å². The van der Waals surface area contributed by atoms with Crippen LogP contribution >= 0.6 is 15.9 Å². The molecule has 0 aliphatic carbocycles. The molecule has 0 spiro atoms. The largest absolute Gasteiger partial charge is 0.479 e. The Morgan fingerprint density at radius 1 is 1.67 bits per heavy atom. The third-order valence-electron chi connectivity index (χ3n) is 1.75. The highest BCUT2D eigenvalue weighted by Gasteiger charge is 2.14. The molecule has 0 radical (unpaired) electrons. The molecule has 4 heteroatoms. The van der Waals surface area contributed by atoms with Crippen LogP contribution in [0.3, 0.4) is 0 Å². The molecule has 0 bridgehead atoms. The van der Waals surface area contributed by atoms with Crippen LogP contribution in [-0.2, 0) is 4.79 Å². The average Bonchev–Trinajstić information content (AvgIpc) is 2.20. The first-order chi connectivity index (χ1) is 7.04. The summed E-state index contributed by atoms with van der Waals surface area (Å²) in [5.41, 5.74) is 0.525. The van der Waals surface area contributed by atoms with Crippen molar-refractivity contribution in [3.63, 3.8) is 0 Å². The van der Waals surface area contributed by atoms with Crippen LogP contribution < -0.4 is 4.74 Å². The number of hydrogen-bond donors (Lipinski definition) is 1. The zero-order chi connectivity index (χ0) is 11.4. The number of carboxylic acids is 1. The van der Waals surface area contributed by atoms with E-state index in [0.717, 1.165) is 4.47 Å². The quantitative estimate of drug-likeness (QED) is 0.856. The summed E-state index contributed by atoms with van der Waals surface area (Å²) in [7, 11) is 0. The van der Waals surface area contributed by atoms with E-state index in [0.29, 0.717) is 11.3 Å². The maximum Gasteiger partial charge on any atom is 0.344 e. The Balaban J connectivity index is 2.96. The maximum atomic E-state index is 10.6. The lowest BCUT2D eigenvalue weighted by Crippen LogP contribution is -2.23. The number of hydrogen-bond acceptors (Lipinski definition) is 2. The van der Waals surface area contributed by atoms with Crippen molar-refractivity contribution < 1.29 is 14.6 Å². The van der Waals surface area contributed by atoms with Crippen molar-refractivity contribution in [2.75, 3.05) is 0 Å². The summed E-state index contributed by atoms with van der Waals surface area (Å²) >= 11 is 3.26. The van der Waals surface area contributed by atoms with Gasteiger partial charge in [0.05, 0.1) is 5.56 Å². The summed E-state index contributed by atoms with van der Waals surface area (Å²) in [6.07, 6.45) is 4.35. The Labute approximate surface area is 96.2 Å². The molecule has 0 amide bonds. The predicted molar refractivity (Wildman–Crippen MR) is 59.8 cm³/mol. The standard InChI is InChI=1S/C11H9BrO3/c1-3-8-6-9(12)4-5-10(8)15-7(2)11(13)14/h1,4-7H,2H3,(H,13,14). The van der Waals surface area contributed by atoms with E-state index in [1.165, 1.54) is 6.92 Å². The molecule has 0 fully saturated rings. The van der Waals surface area contributed by atoms with E-state index in [9.17, 15) is 4.79 Å². The molecule has 3 nitrogen and oxygen atoms in total. The second kappa shape index (κ2) is 4.85. The highest BCUT2D eigenvalue weighted by Crippen LogP contribution is 2.23. The maximum absolute atomic E-state index is 10.6. The second-order valence-corrected chi connectivity index (χ2v) is 3.80. The molecular formula is C11H9BrO3. The number of ether oxygens (including phenoxy) is 1. The van der Waals surface area contributed by atoms with Crippen molar-refractivity contribution in [1.82, 2.24) is 0 Å². The smallest absolute Gasteiger partial charge is 0.344 e. The van der Waals surface area contributed by atoms with Gasteiger partial charge in [0.25, 0.3) is 0 Å². The van der Waals surface area contributed by atoms with Gasteiger partial charge in [0.1, 0.15) is 5.75 Å². The van der Waals surface area contributed by atoms with Gasteiger partial charge in [-0.1, -0.05) is 21.9 Å². The van der Waals surface area contributed by atoms with E-state index in [1.54, 1.807) is 18.2 Å². The molecule has 1 aromatic rings.